The number of amides is 1. The molecule has 3 rings (SSSR count). The summed E-state index contributed by atoms with van der Waals surface area (Å²) in [6.45, 7) is 0. The number of esters is 1. The number of fused-ring (bicyclic) bond motifs is 1. The Labute approximate surface area is 130 Å². The summed E-state index contributed by atoms with van der Waals surface area (Å²) in [5.74, 6) is -0.419. The number of thiophene rings is 1. The lowest BCUT2D eigenvalue weighted by atomic mass is 10.1. The molecule has 108 valence electrons. The van der Waals surface area contributed by atoms with Gasteiger partial charge in [-0.15, -0.1) is 23.1 Å². The van der Waals surface area contributed by atoms with Crippen LogP contribution in [0, 0.1) is 0 Å². The van der Waals surface area contributed by atoms with Crippen molar-refractivity contribution >= 4 is 40.0 Å². The molecular weight excluding hydrogens is 306 g/mol. The molecule has 1 unspecified atom stereocenters. The van der Waals surface area contributed by atoms with E-state index in [0.717, 1.165) is 6.42 Å². The summed E-state index contributed by atoms with van der Waals surface area (Å²) in [4.78, 5) is 25.3. The van der Waals surface area contributed by atoms with E-state index in [2.05, 4.69) is 16.1 Å². The van der Waals surface area contributed by atoms with Gasteiger partial charge in [-0.1, -0.05) is 18.2 Å². The summed E-state index contributed by atoms with van der Waals surface area (Å²) in [5, 5.41) is 3.41. The fourth-order valence-electron chi connectivity index (χ4n) is 2.15. The molecule has 1 aromatic heterocycles. The lowest BCUT2D eigenvalue weighted by Gasteiger charge is -2.07. The van der Waals surface area contributed by atoms with Gasteiger partial charge in [0, 0.05) is 4.90 Å². The zero-order chi connectivity index (χ0) is 14.8. The Morgan fingerprint density at radius 1 is 1.24 bits per heavy atom. The van der Waals surface area contributed by atoms with Gasteiger partial charge >= 0.3 is 5.97 Å². The molecule has 0 fully saturated rings. The van der Waals surface area contributed by atoms with Crippen molar-refractivity contribution in [3.63, 3.8) is 0 Å². The first-order chi connectivity index (χ1) is 10.2. The standard InChI is InChI=1S/C15H13NO3S2/c1-19-15(18)11-6-7-13(21-11)16-14(17)12-8-9-4-2-3-5-10(9)20-12/h2-7,12H,8H2,1H3,(H,16,17). The van der Waals surface area contributed by atoms with E-state index >= 15 is 0 Å². The van der Waals surface area contributed by atoms with Gasteiger partial charge in [-0.3, -0.25) is 4.79 Å². The topological polar surface area (TPSA) is 55.4 Å². The molecule has 4 nitrogen and oxygen atoms in total. The van der Waals surface area contributed by atoms with E-state index in [9.17, 15) is 9.59 Å². The van der Waals surface area contributed by atoms with Gasteiger partial charge in [-0.05, 0) is 30.2 Å². The highest BCUT2D eigenvalue weighted by Crippen LogP contribution is 2.37. The average molecular weight is 319 g/mol. The van der Waals surface area contributed by atoms with Crippen molar-refractivity contribution in [3.05, 3.63) is 46.8 Å². The minimum atomic E-state index is -0.386. The van der Waals surface area contributed by atoms with Crippen LogP contribution in [0.25, 0.3) is 0 Å². The first-order valence-corrected chi connectivity index (χ1v) is 8.10. The Balaban J connectivity index is 1.65. The van der Waals surface area contributed by atoms with E-state index < -0.39 is 0 Å². The molecule has 1 N–H and O–H groups in total. The zero-order valence-corrected chi connectivity index (χ0v) is 12.9. The molecule has 6 heteroatoms. The van der Waals surface area contributed by atoms with Crippen molar-refractivity contribution in [1.82, 2.24) is 0 Å². The first kappa shape index (κ1) is 14.2. The molecule has 0 bridgehead atoms. The number of carbonyl (C=O) groups excluding carboxylic acids is 2. The van der Waals surface area contributed by atoms with E-state index in [-0.39, 0.29) is 17.1 Å². The van der Waals surface area contributed by atoms with E-state index in [1.807, 2.05) is 18.2 Å². The van der Waals surface area contributed by atoms with Gasteiger partial charge in [0.2, 0.25) is 5.91 Å². The predicted molar refractivity (Wildman–Crippen MR) is 84.1 cm³/mol. The smallest absolute Gasteiger partial charge is 0.348 e. The van der Waals surface area contributed by atoms with Gasteiger partial charge in [0.25, 0.3) is 0 Å². The zero-order valence-electron chi connectivity index (χ0n) is 11.3. The summed E-state index contributed by atoms with van der Waals surface area (Å²) in [5.41, 5.74) is 1.21. The van der Waals surface area contributed by atoms with Crippen LogP contribution in [0.2, 0.25) is 0 Å². The minimum absolute atomic E-state index is 0.0329. The highest BCUT2D eigenvalue weighted by atomic mass is 32.2. The third-order valence-electron chi connectivity index (χ3n) is 3.18. The molecule has 0 radical (unpaired) electrons. The summed E-state index contributed by atoms with van der Waals surface area (Å²) in [6, 6.07) is 11.4. The Bertz CT molecular complexity index is 671. The van der Waals surface area contributed by atoms with Crippen LogP contribution in [-0.4, -0.2) is 24.2 Å². The summed E-state index contributed by atoms with van der Waals surface area (Å²) in [7, 11) is 1.34. The largest absolute Gasteiger partial charge is 0.465 e. The molecule has 0 aliphatic carbocycles. The van der Waals surface area contributed by atoms with Crippen LogP contribution in [-0.2, 0) is 16.0 Å². The number of benzene rings is 1. The maximum atomic E-state index is 12.3. The number of nitrogens with one attached hydrogen (secondary N) is 1. The Morgan fingerprint density at radius 2 is 2.05 bits per heavy atom. The number of carbonyl (C=O) groups is 2. The fourth-order valence-corrected chi connectivity index (χ4v) is 4.17. The summed E-state index contributed by atoms with van der Waals surface area (Å²) < 4.78 is 4.65. The molecule has 1 atom stereocenters. The van der Waals surface area contributed by atoms with Crippen LogP contribution < -0.4 is 5.32 Å². The van der Waals surface area contributed by atoms with E-state index in [0.29, 0.717) is 9.88 Å². The maximum Gasteiger partial charge on any atom is 0.348 e. The number of anilines is 1. The average Bonchev–Trinajstić information content (AvgIpc) is 3.12. The van der Waals surface area contributed by atoms with Crippen LogP contribution >= 0.6 is 23.1 Å². The Hall–Kier alpha value is -1.79. The highest BCUT2D eigenvalue weighted by Gasteiger charge is 2.28. The lowest BCUT2D eigenvalue weighted by Crippen LogP contribution is -2.24. The van der Waals surface area contributed by atoms with Crippen LogP contribution in [0.5, 0.6) is 0 Å². The van der Waals surface area contributed by atoms with Gasteiger partial charge in [-0.2, -0.15) is 0 Å². The molecule has 21 heavy (non-hydrogen) atoms. The van der Waals surface area contributed by atoms with Crippen LogP contribution in [0.3, 0.4) is 0 Å². The summed E-state index contributed by atoms with van der Waals surface area (Å²) in [6.07, 6.45) is 0.738. The van der Waals surface area contributed by atoms with Crippen molar-refractivity contribution in [2.45, 2.75) is 16.6 Å². The van der Waals surface area contributed by atoms with Crippen molar-refractivity contribution in [1.29, 1.82) is 0 Å². The molecule has 1 aliphatic heterocycles. The maximum absolute atomic E-state index is 12.3. The highest BCUT2D eigenvalue weighted by molar-refractivity contribution is 8.01. The quantitative estimate of drug-likeness (QED) is 0.883. The molecule has 1 aromatic carbocycles. The molecule has 0 saturated heterocycles. The number of hydrogen-bond acceptors (Lipinski definition) is 5. The summed E-state index contributed by atoms with van der Waals surface area (Å²) >= 11 is 2.80. The molecular formula is C15H13NO3S2. The predicted octanol–water partition coefficient (Wildman–Crippen LogP) is 3.19. The van der Waals surface area contributed by atoms with Gasteiger partial charge < -0.3 is 10.1 Å². The minimum Gasteiger partial charge on any atom is -0.465 e. The second-order valence-corrected chi connectivity index (χ2v) is 6.89. The van der Waals surface area contributed by atoms with Gasteiger partial charge in [0.05, 0.1) is 17.4 Å². The SMILES string of the molecule is COC(=O)c1ccc(NC(=O)C2Cc3ccccc3S2)s1. The van der Waals surface area contributed by atoms with Crippen molar-refractivity contribution in [2.24, 2.45) is 0 Å². The van der Waals surface area contributed by atoms with Gasteiger partial charge in [0.1, 0.15) is 4.88 Å². The van der Waals surface area contributed by atoms with E-state index in [1.54, 1.807) is 23.9 Å². The number of hydrogen-bond donors (Lipinski definition) is 1. The van der Waals surface area contributed by atoms with Crippen LogP contribution in [0.15, 0.2) is 41.3 Å². The second kappa shape index (κ2) is 5.91. The third kappa shape index (κ3) is 2.96. The number of methoxy groups -OCH3 is 1. The molecule has 2 heterocycles. The monoisotopic (exact) mass is 319 g/mol. The van der Waals surface area contributed by atoms with Crippen LogP contribution in [0.4, 0.5) is 5.00 Å². The lowest BCUT2D eigenvalue weighted by molar-refractivity contribution is -0.115. The molecule has 0 saturated carbocycles. The van der Waals surface area contributed by atoms with E-state index in [4.69, 9.17) is 0 Å². The first-order valence-electron chi connectivity index (χ1n) is 6.41. The van der Waals surface area contributed by atoms with Crippen molar-refractivity contribution < 1.29 is 14.3 Å². The second-order valence-electron chi connectivity index (χ2n) is 4.56. The third-order valence-corrected chi connectivity index (χ3v) is 5.48. The van der Waals surface area contributed by atoms with Crippen molar-refractivity contribution in [2.75, 3.05) is 12.4 Å². The molecule has 2 aromatic rings. The molecule has 1 aliphatic rings. The Kier molecular flexibility index (Phi) is 3.98. The number of rotatable bonds is 3. The van der Waals surface area contributed by atoms with Crippen LogP contribution in [0.1, 0.15) is 15.2 Å². The van der Waals surface area contributed by atoms with Crippen molar-refractivity contribution in [3.8, 4) is 0 Å². The fraction of sp³-hybridized carbons (Fsp3) is 0.200. The number of ether oxygens (including phenoxy) is 1. The molecule has 1 amide bonds. The normalized spacial score (nSPS) is 16.3. The Morgan fingerprint density at radius 3 is 2.81 bits per heavy atom. The van der Waals surface area contributed by atoms with E-state index in [1.165, 1.54) is 28.9 Å². The van der Waals surface area contributed by atoms with Gasteiger partial charge in [-0.25, -0.2) is 4.79 Å². The van der Waals surface area contributed by atoms with Gasteiger partial charge in [0.15, 0.2) is 0 Å². The molecule has 0 spiro atoms. The number of thioether (sulfide) groups is 1.